The van der Waals surface area contributed by atoms with Crippen LogP contribution in [0.2, 0.25) is 0 Å². The van der Waals surface area contributed by atoms with E-state index in [0.717, 1.165) is 12.8 Å². The summed E-state index contributed by atoms with van der Waals surface area (Å²) in [6.07, 6.45) is 3.26. The predicted molar refractivity (Wildman–Crippen MR) is 59.8 cm³/mol. The molecule has 0 heterocycles. The SMILES string of the molecule is CC1CCC2C(=O)C1Cc1ccccc12. The van der Waals surface area contributed by atoms with Crippen LogP contribution in [0.3, 0.4) is 0 Å². The zero-order valence-electron chi connectivity index (χ0n) is 9.07. The molecule has 1 heteroatoms. The molecular formula is C14H16O. The maximum atomic E-state index is 12.2. The van der Waals surface area contributed by atoms with Gasteiger partial charge in [-0.1, -0.05) is 31.2 Å². The van der Waals surface area contributed by atoms with E-state index in [1.54, 1.807) is 0 Å². The second-order valence-corrected chi connectivity index (χ2v) is 5.02. The molecule has 2 aliphatic carbocycles. The Morgan fingerprint density at radius 1 is 1.20 bits per heavy atom. The van der Waals surface area contributed by atoms with Gasteiger partial charge in [-0.3, -0.25) is 4.79 Å². The van der Waals surface area contributed by atoms with Crippen molar-refractivity contribution in [3.05, 3.63) is 35.4 Å². The highest BCUT2D eigenvalue weighted by Gasteiger charge is 2.40. The molecule has 0 saturated heterocycles. The number of carbonyl (C=O) groups excluding carboxylic acids is 1. The van der Waals surface area contributed by atoms with Gasteiger partial charge in [0.25, 0.3) is 0 Å². The van der Waals surface area contributed by atoms with Gasteiger partial charge in [-0.2, -0.15) is 0 Å². The number of ketones is 1. The maximum absolute atomic E-state index is 12.2. The molecule has 0 spiro atoms. The van der Waals surface area contributed by atoms with Gasteiger partial charge in [-0.05, 0) is 36.3 Å². The van der Waals surface area contributed by atoms with Crippen molar-refractivity contribution in [1.82, 2.24) is 0 Å². The highest BCUT2D eigenvalue weighted by Crippen LogP contribution is 2.43. The molecule has 3 unspecified atom stereocenters. The van der Waals surface area contributed by atoms with Crippen molar-refractivity contribution in [2.75, 3.05) is 0 Å². The molecule has 0 aliphatic heterocycles. The monoisotopic (exact) mass is 200 g/mol. The van der Waals surface area contributed by atoms with E-state index in [-0.39, 0.29) is 5.92 Å². The summed E-state index contributed by atoms with van der Waals surface area (Å²) in [5, 5.41) is 0. The van der Waals surface area contributed by atoms with Crippen molar-refractivity contribution in [1.29, 1.82) is 0 Å². The molecule has 1 nitrogen and oxygen atoms in total. The van der Waals surface area contributed by atoms with E-state index in [2.05, 4.69) is 31.2 Å². The summed E-state index contributed by atoms with van der Waals surface area (Å²) in [6.45, 7) is 2.23. The average Bonchev–Trinajstić information content (AvgIpc) is 2.24. The van der Waals surface area contributed by atoms with Crippen LogP contribution in [0.1, 0.15) is 36.8 Å². The predicted octanol–water partition coefficient (Wildman–Crippen LogP) is 2.94. The van der Waals surface area contributed by atoms with E-state index in [9.17, 15) is 4.79 Å². The fourth-order valence-electron chi connectivity index (χ4n) is 3.22. The van der Waals surface area contributed by atoms with Crippen molar-refractivity contribution >= 4 is 5.78 Å². The lowest BCUT2D eigenvalue weighted by Gasteiger charge is -2.38. The van der Waals surface area contributed by atoms with Gasteiger partial charge in [0.05, 0.1) is 0 Å². The molecule has 3 rings (SSSR count). The third-order valence-electron chi connectivity index (χ3n) is 4.18. The Bertz CT molecular complexity index is 408. The van der Waals surface area contributed by atoms with Crippen LogP contribution in [0.5, 0.6) is 0 Å². The van der Waals surface area contributed by atoms with E-state index in [0.29, 0.717) is 17.6 Å². The molecule has 78 valence electrons. The molecule has 1 saturated carbocycles. The van der Waals surface area contributed by atoms with Crippen molar-refractivity contribution in [2.45, 2.75) is 32.1 Å². The quantitative estimate of drug-likeness (QED) is 0.629. The summed E-state index contributed by atoms with van der Waals surface area (Å²) in [4.78, 5) is 12.2. The number of rotatable bonds is 0. The second-order valence-electron chi connectivity index (χ2n) is 5.02. The smallest absolute Gasteiger partial charge is 0.144 e. The van der Waals surface area contributed by atoms with Gasteiger partial charge in [-0.15, -0.1) is 0 Å². The number of hydrogen-bond donors (Lipinski definition) is 0. The number of Topliss-reactive ketones (excluding diaryl/α,β-unsaturated/α-hetero) is 1. The zero-order valence-corrected chi connectivity index (χ0v) is 9.07. The van der Waals surface area contributed by atoms with Crippen molar-refractivity contribution in [3.63, 3.8) is 0 Å². The van der Waals surface area contributed by atoms with E-state index in [1.165, 1.54) is 17.5 Å². The van der Waals surface area contributed by atoms with Crippen LogP contribution in [0.4, 0.5) is 0 Å². The molecule has 2 aliphatic rings. The minimum Gasteiger partial charge on any atom is -0.299 e. The minimum absolute atomic E-state index is 0.219. The molecular weight excluding hydrogens is 184 g/mol. The van der Waals surface area contributed by atoms with E-state index < -0.39 is 0 Å². The third-order valence-corrected chi connectivity index (χ3v) is 4.18. The fraction of sp³-hybridized carbons (Fsp3) is 0.500. The van der Waals surface area contributed by atoms with Gasteiger partial charge in [0.1, 0.15) is 5.78 Å². The number of carbonyl (C=O) groups is 1. The first-order valence-electron chi connectivity index (χ1n) is 5.89. The molecule has 0 N–H and O–H groups in total. The van der Waals surface area contributed by atoms with Crippen LogP contribution in [0.25, 0.3) is 0 Å². The van der Waals surface area contributed by atoms with Gasteiger partial charge < -0.3 is 0 Å². The molecule has 15 heavy (non-hydrogen) atoms. The summed E-state index contributed by atoms with van der Waals surface area (Å²) in [7, 11) is 0. The molecule has 2 bridgehead atoms. The summed E-state index contributed by atoms with van der Waals surface area (Å²) in [5.74, 6) is 1.62. The second kappa shape index (κ2) is 3.19. The molecule has 0 radical (unpaired) electrons. The van der Waals surface area contributed by atoms with Crippen molar-refractivity contribution in [2.24, 2.45) is 11.8 Å². The summed E-state index contributed by atoms with van der Waals surface area (Å²) in [5.41, 5.74) is 2.73. The first kappa shape index (κ1) is 9.14. The Balaban J connectivity index is 2.10. The zero-order chi connectivity index (χ0) is 10.4. The van der Waals surface area contributed by atoms with Crippen LogP contribution in [0, 0.1) is 11.8 Å². The molecule has 1 fully saturated rings. The van der Waals surface area contributed by atoms with Gasteiger partial charge >= 0.3 is 0 Å². The van der Waals surface area contributed by atoms with E-state index in [4.69, 9.17) is 0 Å². The standard InChI is InChI=1S/C14H16O/c1-9-6-7-12-11-5-3-2-4-10(11)8-13(9)14(12)15/h2-5,9,12-13H,6-8H2,1H3. The number of hydrogen-bond acceptors (Lipinski definition) is 1. The topological polar surface area (TPSA) is 17.1 Å². The Kier molecular flexibility index (Phi) is 1.95. The van der Waals surface area contributed by atoms with Gasteiger partial charge in [-0.25, -0.2) is 0 Å². The Labute approximate surface area is 90.5 Å². The average molecular weight is 200 g/mol. The highest BCUT2D eigenvalue weighted by molar-refractivity contribution is 5.91. The van der Waals surface area contributed by atoms with Crippen LogP contribution in [0.15, 0.2) is 24.3 Å². The molecule has 1 aromatic carbocycles. The largest absolute Gasteiger partial charge is 0.299 e. The number of fused-ring (bicyclic) bond motifs is 4. The lowest BCUT2D eigenvalue weighted by molar-refractivity contribution is -0.128. The summed E-state index contributed by atoms with van der Waals surface area (Å²) < 4.78 is 0. The van der Waals surface area contributed by atoms with Gasteiger partial charge in [0.15, 0.2) is 0 Å². The van der Waals surface area contributed by atoms with Crippen LogP contribution < -0.4 is 0 Å². The maximum Gasteiger partial charge on any atom is 0.144 e. The van der Waals surface area contributed by atoms with E-state index in [1.807, 2.05) is 0 Å². The van der Waals surface area contributed by atoms with Crippen LogP contribution >= 0.6 is 0 Å². The minimum atomic E-state index is 0.219. The fourth-order valence-corrected chi connectivity index (χ4v) is 3.22. The highest BCUT2D eigenvalue weighted by atomic mass is 16.1. The first-order chi connectivity index (χ1) is 7.27. The van der Waals surface area contributed by atoms with Gasteiger partial charge in [0, 0.05) is 11.8 Å². The van der Waals surface area contributed by atoms with Gasteiger partial charge in [0.2, 0.25) is 0 Å². The number of benzene rings is 1. The third kappa shape index (κ3) is 1.26. The molecule has 0 aromatic heterocycles. The molecule has 1 aromatic rings. The molecule has 3 atom stereocenters. The van der Waals surface area contributed by atoms with Crippen LogP contribution in [-0.4, -0.2) is 5.78 Å². The van der Waals surface area contributed by atoms with Crippen LogP contribution in [-0.2, 0) is 11.2 Å². The lowest BCUT2D eigenvalue weighted by atomic mass is 9.64. The summed E-state index contributed by atoms with van der Waals surface area (Å²) >= 11 is 0. The summed E-state index contributed by atoms with van der Waals surface area (Å²) in [6, 6.07) is 8.49. The lowest BCUT2D eigenvalue weighted by Crippen LogP contribution is -2.38. The Morgan fingerprint density at radius 2 is 2.00 bits per heavy atom. The molecule has 0 amide bonds. The van der Waals surface area contributed by atoms with Crippen molar-refractivity contribution < 1.29 is 4.79 Å². The van der Waals surface area contributed by atoms with Crippen molar-refractivity contribution in [3.8, 4) is 0 Å². The van der Waals surface area contributed by atoms with E-state index >= 15 is 0 Å². The Morgan fingerprint density at radius 3 is 2.87 bits per heavy atom. The normalized spacial score (nSPS) is 33.7. The Hall–Kier alpha value is -1.11. The first-order valence-corrected chi connectivity index (χ1v) is 5.89.